The molecule has 3 rings (SSSR count). The van der Waals surface area contributed by atoms with E-state index in [9.17, 15) is 9.90 Å². The van der Waals surface area contributed by atoms with E-state index in [1.165, 1.54) is 22.2 Å². The molecule has 1 N–H and O–H groups in total. The van der Waals surface area contributed by atoms with Crippen LogP contribution in [0.15, 0.2) is 18.2 Å². The van der Waals surface area contributed by atoms with Crippen LogP contribution in [0.1, 0.15) is 16.8 Å². The first-order valence-electron chi connectivity index (χ1n) is 7.07. The van der Waals surface area contributed by atoms with Crippen LogP contribution in [0, 0.1) is 6.92 Å². The van der Waals surface area contributed by atoms with Crippen LogP contribution in [-0.4, -0.2) is 40.7 Å². The van der Waals surface area contributed by atoms with Crippen molar-refractivity contribution in [2.45, 2.75) is 26.3 Å². The van der Waals surface area contributed by atoms with Gasteiger partial charge in [0.05, 0.1) is 0 Å². The fourth-order valence-electron chi connectivity index (χ4n) is 3.18. The molecule has 0 radical (unpaired) electrons. The van der Waals surface area contributed by atoms with E-state index in [-0.39, 0.29) is 6.54 Å². The smallest absolute Gasteiger partial charge is 0.323 e. The van der Waals surface area contributed by atoms with Crippen LogP contribution in [0.25, 0.3) is 10.9 Å². The molecule has 4 heteroatoms. The third-order valence-corrected chi connectivity index (χ3v) is 4.21. The van der Waals surface area contributed by atoms with Crippen molar-refractivity contribution in [3.8, 4) is 0 Å². The zero-order valence-corrected chi connectivity index (χ0v) is 12.0. The average molecular weight is 272 g/mol. The Bertz CT molecular complexity index is 673. The highest BCUT2D eigenvalue weighted by Gasteiger charge is 2.21. The Kier molecular flexibility index (Phi) is 3.26. The van der Waals surface area contributed by atoms with E-state index in [0.717, 1.165) is 31.4 Å². The number of likely N-dealkylation sites (N-methyl/N-ethyl adjacent to an activating group) is 1. The molecule has 0 fully saturated rings. The number of fused-ring (bicyclic) bond motifs is 3. The highest BCUT2D eigenvalue weighted by atomic mass is 16.4. The van der Waals surface area contributed by atoms with Crippen LogP contribution in [0.2, 0.25) is 0 Å². The standard InChI is InChI=1S/C16H20N2O2/c1-11-3-4-14-13(9-11)12-5-7-17(2)8-6-15(12)18(14)10-16(19)20/h3-4,9H,5-8,10H2,1-2H3,(H,19,20). The summed E-state index contributed by atoms with van der Waals surface area (Å²) in [5.41, 5.74) is 4.84. The van der Waals surface area contributed by atoms with E-state index >= 15 is 0 Å². The van der Waals surface area contributed by atoms with E-state index in [4.69, 9.17) is 0 Å². The molecule has 0 unspecified atom stereocenters. The number of carboxylic acid groups (broad SMARTS) is 1. The minimum absolute atomic E-state index is 0.0542. The number of hydrogen-bond acceptors (Lipinski definition) is 2. The van der Waals surface area contributed by atoms with Gasteiger partial charge in [0.1, 0.15) is 6.54 Å². The number of carbonyl (C=O) groups is 1. The van der Waals surface area contributed by atoms with E-state index in [1.54, 1.807) is 0 Å². The average Bonchev–Trinajstić information content (AvgIpc) is 2.54. The summed E-state index contributed by atoms with van der Waals surface area (Å²) in [5.74, 6) is -0.775. The van der Waals surface area contributed by atoms with Crippen molar-refractivity contribution in [2.75, 3.05) is 20.1 Å². The van der Waals surface area contributed by atoms with E-state index < -0.39 is 5.97 Å². The minimum Gasteiger partial charge on any atom is -0.480 e. The maximum absolute atomic E-state index is 11.2. The first kappa shape index (κ1) is 13.2. The van der Waals surface area contributed by atoms with Gasteiger partial charge in [0.15, 0.2) is 0 Å². The largest absolute Gasteiger partial charge is 0.480 e. The second-order valence-corrected chi connectivity index (χ2v) is 5.73. The first-order chi connectivity index (χ1) is 9.56. The van der Waals surface area contributed by atoms with Crippen LogP contribution in [-0.2, 0) is 24.2 Å². The molecule has 0 spiro atoms. The molecule has 0 aliphatic carbocycles. The lowest BCUT2D eigenvalue weighted by Crippen LogP contribution is -2.21. The van der Waals surface area contributed by atoms with Crippen molar-refractivity contribution in [1.82, 2.24) is 9.47 Å². The second-order valence-electron chi connectivity index (χ2n) is 5.73. The third kappa shape index (κ3) is 2.20. The number of aromatic nitrogens is 1. The number of carboxylic acids is 1. The van der Waals surface area contributed by atoms with Gasteiger partial charge in [-0.15, -0.1) is 0 Å². The Morgan fingerprint density at radius 2 is 2.05 bits per heavy atom. The fourth-order valence-corrected chi connectivity index (χ4v) is 3.18. The molecule has 4 nitrogen and oxygen atoms in total. The number of benzene rings is 1. The molecule has 20 heavy (non-hydrogen) atoms. The zero-order valence-electron chi connectivity index (χ0n) is 12.0. The molecular weight excluding hydrogens is 252 g/mol. The molecule has 2 aromatic rings. The predicted molar refractivity (Wildman–Crippen MR) is 79.2 cm³/mol. The summed E-state index contributed by atoms with van der Waals surface area (Å²) in [6, 6.07) is 6.32. The van der Waals surface area contributed by atoms with Crippen LogP contribution < -0.4 is 0 Å². The SMILES string of the molecule is Cc1ccc2c(c1)c1c(n2CC(=O)O)CCN(C)CC1. The van der Waals surface area contributed by atoms with Gasteiger partial charge in [-0.3, -0.25) is 4.79 Å². The molecule has 1 aromatic carbocycles. The van der Waals surface area contributed by atoms with E-state index in [1.807, 2.05) is 4.57 Å². The monoisotopic (exact) mass is 272 g/mol. The fraction of sp³-hybridized carbons (Fsp3) is 0.438. The Hall–Kier alpha value is -1.81. The molecule has 2 heterocycles. The van der Waals surface area contributed by atoms with Crippen LogP contribution in [0.3, 0.4) is 0 Å². The summed E-state index contributed by atoms with van der Waals surface area (Å²) in [6.07, 6.45) is 1.92. The van der Waals surface area contributed by atoms with Gasteiger partial charge in [-0.05, 0) is 38.1 Å². The summed E-state index contributed by atoms with van der Waals surface area (Å²) in [7, 11) is 2.13. The van der Waals surface area contributed by atoms with Crippen molar-refractivity contribution >= 4 is 16.9 Å². The van der Waals surface area contributed by atoms with Gasteiger partial charge in [0.25, 0.3) is 0 Å². The summed E-state index contributed by atoms with van der Waals surface area (Å²) in [5, 5.41) is 10.4. The Morgan fingerprint density at radius 3 is 2.80 bits per heavy atom. The van der Waals surface area contributed by atoms with Gasteiger partial charge in [0.2, 0.25) is 0 Å². The Morgan fingerprint density at radius 1 is 1.30 bits per heavy atom. The third-order valence-electron chi connectivity index (χ3n) is 4.21. The topological polar surface area (TPSA) is 45.5 Å². The number of aliphatic carboxylic acids is 1. The Balaban J connectivity index is 2.22. The highest BCUT2D eigenvalue weighted by molar-refractivity contribution is 5.87. The summed E-state index contributed by atoms with van der Waals surface area (Å²) in [4.78, 5) is 13.5. The number of nitrogens with zero attached hydrogens (tertiary/aromatic N) is 2. The van der Waals surface area contributed by atoms with Crippen molar-refractivity contribution in [1.29, 1.82) is 0 Å². The maximum Gasteiger partial charge on any atom is 0.323 e. The number of rotatable bonds is 2. The lowest BCUT2D eigenvalue weighted by molar-refractivity contribution is -0.137. The highest BCUT2D eigenvalue weighted by Crippen LogP contribution is 2.30. The van der Waals surface area contributed by atoms with E-state index in [0.29, 0.717) is 0 Å². The summed E-state index contributed by atoms with van der Waals surface area (Å²) in [6.45, 7) is 4.16. The number of aryl methyl sites for hydroxylation is 1. The quantitative estimate of drug-likeness (QED) is 0.910. The zero-order chi connectivity index (χ0) is 14.3. The molecule has 0 saturated heterocycles. The first-order valence-corrected chi connectivity index (χ1v) is 7.07. The van der Waals surface area contributed by atoms with Gasteiger partial charge in [-0.1, -0.05) is 11.6 Å². The van der Waals surface area contributed by atoms with Crippen LogP contribution >= 0.6 is 0 Å². The molecule has 0 atom stereocenters. The molecule has 0 bridgehead atoms. The summed E-state index contributed by atoms with van der Waals surface area (Å²) < 4.78 is 1.99. The molecule has 0 amide bonds. The normalized spacial score (nSPS) is 16.1. The van der Waals surface area contributed by atoms with Gasteiger partial charge in [-0.25, -0.2) is 0 Å². The number of hydrogen-bond donors (Lipinski definition) is 1. The van der Waals surface area contributed by atoms with Gasteiger partial charge in [0, 0.05) is 36.1 Å². The Labute approximate surface area is 118 Å². The predicted octanol–water partition coefficient (Wildman–Crippen LogP) is 2.06. The van der Waals surface area contributed by atoms with Crippen molar-refractivity contribution < 1.29 is 9.90 Å². The molecule has 1 aliphatic rings. The van der Waals surface area contributed by atoms with Gasteiger partial charge >= 0.3 is 5.97 Å². The van der Waals surface area contributed by atoms with Crippen molar-refractivity contribution in [3.63, 3.8) is 0 Å². The van der Waals surface area contributed by atoms with E-state index in [2.05, 4.69) is 37.1 Å². The summed E-state index contributed by atoms with van der Waals surface area (Å²) >= 11 is 0. The van der Waals surface area contributed by atoms with Crippen molar-refractivity contribution in [2.24, 2.45) is 0 Å². The minimum atomic E-state index is -0.775. The van der Waals surface area contributed by atoms with Gasteiger partial charge < -0.3 is 14.6 Å². The molecule has 106 valence electrons. The molecule has 1 aliphatic heterocycles. The maximum atomic E-state index is 11.2. The lowest BCUT2D eigenvalue weighted by Gasteiger charge is -2.13. The molecule has 1 aromatic heterocycles. The lowest BCUT2D eigenvalue weighted by atomic mass is 10.1. The molecular formula is C16H20N2O2. The van der Waals surface area contributed by atoms with Crippen LogP contribution in [0.4, 0.5) is 0 Å². The molecule has 0 saturated carbocycles. The van der Waals surface area contributed by atoms with Crippen LogP contribution in [0.5, 0.6) is 0 Å². The van der Waals surface area contributed by atoms with Gasteiger partial charge in [-0.2, -0.15) is 0 Å². The van der Waals surface area contributed by atoms with Crippen molar-refractivity contribution in [3.05, 3.63) is 35.0 Å². The second kappa shape index (κ2) is 4.94.